The Morgan fingerprint density at radius 1 is 0.812 bits per heavy atom. The minimum absolute atomic E-state index is 0. The van der Waals surface area contributed by atoms with E-state index in [0.717, 1.165) is 60.9 Å². The zero-order valence-corrected chi connectivity index (χ0v) is 18.8. The summed E-state index contributed by atoms with van der Waals surface area (Å²) in [6, 6.07) is 30.4. The van der Waals surface area contributed by atoms with Crippen molar-refractivity contribution in [3.63, 3.8) is 0 Å². The second kappa shape index (κ2) is 12.1. The van der Waals surface area contributed by atoms with Crippen molar-refractivity contribution >= 4 is 23.6 Å². The predicted molar refractivity (Wildman–Crippen MR) is 131 cm³/mol. The molecule has 0 spiro atoms. The summed E-state index contributed by atoms with van der Waals surface area (Å²) in [6.45, 7) is 5.06. The normalized spacial score (nSPS) is 14.6. The molecule has 0 aromatic heterocycles. The first-order chi connectivity index (χ1) is 15.3. The molecule has 0 radical (unpaired) electrons. The minimum Gasteiger partial charge on any atom is -0.492 e. The van der Waals surface area contributed by atoms with E-state index in [0.29, 0.717) is 12.2 Å². The van der Waals surface area contributed by atoms with Crippen LogP contribution in [0.1, 0.15) is 16.7 Å². The minimum atomic E-state index is 0. The molecule has 1 aliphatic rings. The van der Waals surface area contributed by atoms with Gasteiger partial charge in [-0.25, -0.2) is 0 Å². The molecule has 3 aromatic rings. The SMILES string of the molecule is Cl.N#C/C(=C(\c1ccccc1)c1ccc(OCCN2CCOCC2)cc1)c1ccccc1. The summed E-state index contributed by atoms with van der Waals surface area (Å²) in [5.74, 6) is 0.836. The highest BCUT2D eigenvalue weighted by atomic mass is 35.5. The average Bonchev–Trinajstić information content (AvgIpc) is 2.85. The van der Waals surface area contributed by atoms with Crippen LogP contribution in [0.25, 0.3) is 11.1 Å². The van der Waals surface area contributed by atoms with Crippen LogP contribution in [0.5, 0.6) is 5.75 Å². The lowest BCUT2D eigenvalue weighted by atomic mass is 9.90. The van der Waals surface area contributed by atoms with Gasteiger partial charge in [0, 0.05) is 25.2 Å². The number of benzene rings is 3. The number of hydrogen-bond acceptors (Lipinski definition) is 4. The Bertz CT molecular complexity index is 1040. The lowest BCUT2D eigenvalue weighted by Crippen LogP contribution is -2.38. The molecule has 1 fully saturated rings. The molecule has 4 nitrogen and oxygen atoms in total. The third kappa shape index (κ3) is 5.99. The van der Waals surface area contributed by atoms with Crippen LogP contribution < -0.4 is 4.74 Å². The van der Waals surface area contributed by atoms with E-state index in [1.165, 1.54) is 0 Å². The van der Waals surface area contributed by atoms with Gasteiger partial charge in [-0.3, -0.25) is 4.90 Å². The van der Waals surface area contributed by atoms with Crippen LogP contribution in [0.4, 0.5) is 0 Å². The molecule has 164 valence electrons. The average molecular weight is 447 g/mol. The molecule has 1 aliphatic heterocycles. The van der Waals surface area contributed by atoms with Crippen LogP contribution >= 0.6 is 12.4 Å². The molecule has 32 heavy (non-hydrogen) atoms. The quantitative estimate of drug-likeness (QED) is 0.365. The van der Waals surface area contributed by atoms with Crippen molar-refractivity contribution in [2.45, 2.75) is 0 Å². The topological polar surface area (TPSA) is 45.5 Å². The number of hydrogen-bond donors (Lipinski definition) is 0. The molecule has 1 heterocycles. The van der Waals surface area contributed by atoms with Crippen LogP contribution in [0, 0.1) is 11.3 Å². The van der Waals surface area contributed by atoms with Gasteiger partial charge >= 0.3 is 0 Å². The third-order valence-electron chi connectivity index (χ3n) is 5.41. The van der Waals surface area contributed by atoms with E-state index in [1.807, 2.05) is 84.9 Å². The molecule has 0 aliphatic carbocycles. The summed E-state index contributed by atoms with van der Waals surface area (Å²) in [7, 11) is 0. The fourth-order valence-electron chi connectivity index (χ4n) is 3.76. The van der Waals surface area contributed by atoms with Gasteiger partial charge in [-0.1, -0.05) is 72.8 Å². The van der Waals surface area contributed by atoms with Gasteiger partial charge in [0.25, 0.3) is 0 Å². The van der Waals surface area contributed by atoms with Crippen LogP contribution in [0.3, 0.4) is 0 Å². The number of allylic oxidation sites excluding steroid dienone is 1. The summed E-state index contributed by atoms with van der Waals surface area (Å²) in [5, 5.41) is 10.0. The number of nitrogens with zero attached hydrogens (tertiary/aromatic N) is 2. The maximum atomic E-state index is 10.0. The van der Waals surface area contributed by atoms with Crippen molar-refractivity contribution in [1.82, 2.24) is 4.90 Å². The molecular weight excluding hydrogens is 420 g/mol. The lowest BCUT2D eigenvalue weighted by molar-refractivity contribution is 0.0322. The van der Waals surface area contributed by atoms with E-state index in [1.54, 1.807) is 0 Å². The molecule has 4 rings (SSSR count). The van der Waals surface area contributed by atoms with E-state index in [2.05, 4.69) is 11.0 Å². The second-order valence-corrected chi connectivity index (χ2v) is 7.42. The van der Waals surface area contributed by atoms with Crippen molar-refractivity contribution in [2.24, 2.45) is 0 Å². The standard InChI is InChI=1S/C27H26N2O2.ClH/c28-21-26(22-7-3-1-4-8-22)27(23-9-5-2-6-10-23)24-11-13-25(14-12-24)31-20-17-29-15-18-30-19-16-29;/h1-14H,15-20H2;1H/b27-26-;. The smallest absolute Gasteiger partial charge is 0.119 e. The van der Waals surface area contributed by atoms with Gasteiger partial charge in [-0.15, -0.1) is 12.4 Å². The zero-order valence-electron chi connectivity index (χ0n) is 17.9. The van der Waals surface area contributed by atoms with Gasteiger partial charge < -0.3 is 9.47 Å². The van der Waals surface area contributed by atoms with E-state index < -0.39 is 0 Å². The van der Waals surface area contributed by atoms with E-state index in [4.69, 9.17) is 9.47 Å². The Hall–Kier alpha value is -3.10. The van der Waals surface area contributed by atoms with Crippen molar-refractivity contribution in [2.75, 3.05) is 39.5 Å². The second-order valence-electron chi connectivity index (χ2n) is 7.42. The van der Waals surface area contributed by atoms with Crippen LogP contribution in [-0.2, 0) is 4.74 Å². The molecule has 3 aromatic carbocycles. The number of nitriles is 1. The molecule has 0 bridgehead atoms. The summed E-state index contributed by atoms with van der Waals surface area (Å²) in [4.78, 5) is 2.35. The number of halogens is 1. The van der Waals surface area contributed by atoms with E-state index in [-0.39, 0.29) is 12.4 Å². The Kier molecular flexibility index (Phi) is 8.89. The molecule has 0 saturated carbocycles. The fourth-order valence-corrected chi connectivity index (χ4v) is 3.76. The summed E-state index contributed by atoms with van der Waals surface area (Å²) < 4.78 is 11.3. The molecule has 0 unspecified atom stereocenters. The molecule has 5 heteroatoms. The number of rotatable bonds is 7. The van der Waals surface area contributed by atoms with Crippen molar-refractivity contribution < 1.29 is 9.47 Å². The van der Waals surface area contributed by atoms with Gasteiger partial charge in [-0.2, -0.15) is 5.26 Å². The molecule has 0 atom stereocenters. The summed E-state index contributed by atoms with van der Waals surface area (Å²) >= 11 is 0. The Morgan fingerprint density at radius 3 is 1.97 bits per heavy atom. The number of morpholine rings is 1. The van der Waals surface area contributed by atoms with Gasteiger partial charge in [0.15, 0.2) is 0 Å². The van der Waals surface area contributed by atoms with Crippen molar-refractivity contribution in [3.05, 3.63) is 102 Å². The van der Waals surface area contributed by atoms with Crippen molar-refractivity contribution in [3.8, 4) is 11.8 Å². The Morgan fingerprint density at radius 2 is 1.38 bits per heavy atom. The fraction of sp³-hybridized carbons (Fsp3) is 0.222. The van der Waals surface area contributed by atoms with E-state index >= 15 is 0 Å². The van der Waals surface area contributed by atoms with Crippen LogP contribution in [-0.4, -0.2) is 44.4 Å². The van der Waals surface area contributed by atoms with E-state index in [9.17, 15) is 5.26 Å². The van der Waals surface area contributed by atoms with Gasteiger partial charge in [0.05, 0.1) is 18.8 Å². The van der Waals surface area contributed by atoms with Crippen LogP contribution in [0.15, 0.2) is 84.9 Å². The van der Waals surface area contributed by atoms with Crippen molar-refractivity contribution in [1.29, 1.82) is 5.26 Å². The summed E-state index contributed by atoms with van der Waals surface area (Å²) in [6.07, 6.45) is 0. The van der Waals surface area contributed by atoms with Gasteiger partial charge in [-0.05, 0) is 28.8 Å². The first-order valence-corrected chi connectivity index (χ1v) is 10.6. The molecule has 1 saturated heterocycles. The molecular formula is C27H27ClN2O2. The van der Waals surface area contributed by atoms with Gasteiger partial charge in [0.2, 0.25) is 0 Å². The lowest BCUT2D eigenvalue weighted by Gasteiger charge is -2.26. The Labute approximate surface area is 196 Å². The van der Waals surface area contributed by atoms with Gasteiger partial charge in [0.1, 0.15) is 18.4 Å². The highest BCUT2D eigenvalue weighted by Gasteiger charge is 2.14. The first kappa shape index (κ1) is 23.6. The molecule has 0 N–H and O–H groups in total. The van der Waals surface area contributed by atoms with Crippen LogP contribution in [0.2, 0.25) is 0 Å². The largest absolute Gasteiger partial charge is 0.492 e. The summed E-state index contributed by atoms with van der Waals surface area (Å²) in [5.41, 5.74) is 4.51. The maximum absolute atomic E-state index is 10.0. The maximum Gasteiger partial charge on any atom is 0.119 e. The monoisotopic (exact) mass is 446 g/mol. The predicted octanol–water partition coefficient (Wildman–Crippen LogP) is 5.30. The highest BCUT2D eigenvalue weighted by Crippen LogP contribution is 2.32. The zero-order chi connectivity index (χ0) is 21.3. The molecule has 0 amide bonds. The highest BCUT2D eigenvalue weighted by molar-refractivity contribution is 6.03. The first-order valence-electron chi connectivity index (χ1n) is 10.6. The Balaban J connectivity index is 0.00000289. The third-order valence-corrected chi connectivity index (χ3v) is 5.41. The number of ether oxygens (including phenoxy) is 2.